The minimum atomic E-state index is -1.85. The van der Waals surface area contributed by atoms with Gasteiger partial charge in [-0.1, -0.05) is 0 Å². The van der Waals surface area contributed by atoms with Gasteiger partial charge in [0.1, 0.15) is 42.3 Å². The molecule has 0 saturated carbocycles. The molecule has 0 unspecified atom stereocenters. The number of nitrogens with two attached hydrogens (primary N) is 4. The average Bonchev–Trinajstić information content (AvgIpc) is 3.72. The molecule has 0 aliphatic heterocycles. The zero-order chi connectivity index (χ0) is 47.1. The molecule has 0 radical (unpaired) electrons. The summed E-state index contributed by atoms with van der Waals surface area (Å²) in [6.07, 6.45) is -0.256. The van der Waals surface area contributed by atoms with Crippen molar-refractivity contribution in [3.63, 3.8) is 0 Å². The first-order chi connectivity index (χ1) is 29.2. The number of carbonyl (C=O) groups excluding carboxylic acids is 7. The van der Waals surface area contributed by atoms with E-state index in [1.54, 1.807) is 0 Å². The van der Waals surface area contributed by atoms with E-state index in [1.165, 1.54) is 19.4 Å². The number of H-pyrrole nitrogens is 1. The number of nitrogens with one attached hydrogen (secondary N) is 8. The molecule has 10 atom stereocenters. The maximum atomic E-state index is 13.8. The van der Waals surface area contributed by atoms with Crippen molar-refractivity contribution in [2.45, 2.75) is 120 Å². The molecule has 1 aromatic rings. The van der Waals surface area contributed by atoms with Crippen LogP contribution in [0.3, 0.4) is 0 Å². The van der Waals surface area contributed by atoms with Crippen molar-refractivity contribution in [1.29, 1.82) is 0 Å². The van der Waals surface area contributed by atoms with Gasteiger partial charge in [-0.2, -0.15) is 0 Å². The number of aliphatic hydroxyl groups excluding tert-OH is 4. The molecule has 0 aromatic carbocycles. The molecule has 27 heteroatoms. The number of unbranched alkanes of at least 4 members (excludes halogenated alkanes) is 1. The Morgan fingerprint density at radius 3 is 1.52 bits per heavy atom. The number of guanidine groups is 1. The van der Waals surface area contributed by atoms with Crippen LogP contribution in [-0.2, 0) is 44.8 Å². The van der Waals surface area contributed by atoms with Gasteiger partial charge >= 0.3 is 5.97 Å². The molecule has 0 bridgehead atoms. The Morgan fingerprint density at radius 2 is 1.10 bits per heavy atom. The van der Waals surface area contributed by atoms with E-state index in [9.17, 15) is 63.9 Å². The fourth-order valence-electron chi connectivity index (χ4n) is 5.43. The second-order valence-corrected chi connectivity index (χ2v) is 14.3. The van der Waals surface area contributed by atoms with Gasteiger partial charge in [-0.25, -0.2) is 9.78 Å². The Labute approximate surface area is 356 Å². The highest BCUT2D eigenvalue weighted by atomic mass is 16.4. The summed E-state index contributed by atoms with van der Waals surface area (Å²) < 4.78 is 0. The molecule has 0 spiro atoms. The number of aliphatic hydroxyl groups is 4. The number of amides is 7. The molecule has 350 valence electrons. The summed E-state index contributed by atoms with van der Waals surface area (Å²) in [5.41, 5.74) is 22.2. The van der Waals surface area contributed by atoms with Crippen LogP contribution in [0.1, 0.15) is 58.6 Å². The fraction of sp³-hybridized carbons (Fsp3) is 0.657. The highest BCUT2D eigenvalue weighted by Gasteiger charge is 2.36. The molecular formula is C35H62N14O13. The van der Waals surface area contributed by atoms with Crippen LogP contribution in [0, 0.1) is 0 Å². The molecule has 27 nitrogen and oxygen atoms in total. The van der Waals surface area contributed by atoms with Gasteiger partial charge in [0.25, 0.3) is 0 Å². The Morgan fingerprint density at radius 1 is 0.661 bits per heavy atom. The van der Waals surface area contributed by atoms with Gasteiger partial charge in [-0.05, 0) is 59.4 Å². The van der Waals surface area contributed by atoms with Crippen LogP contribution in [0.15, 0.2) is 17.5 Å². The van der Waals surface area contributed by atoms with Crippen molar-refractivity contribution in [3.05, 3.63) is 18.2 Å². The second kappa shape index (κ2) is 27.8. The summed E-state index contributed by atoms with van der Waals surface area (Å²) in [6.45, 7) is 1.78. The molecular weight excluding hydrogens is 824 g/mol. The van der Waals surface area contributed by atoms with E-state index in [0.29, 0.717) is 18.5 Å². The summed E-state index contributed by atoms with van der Waals surface area (Å²) >= 11 is 0. The number of carbonyl (C=O) groups is 8. The highest BCUT2D eigenvalue weighted by molar-refractivity contribution is 5.98. The minimum Gasteiger partial charge on any atom is -0.480 e. The summed E-state index contributed by atoms with van der Waals surface area (Å²) in [5.74, 6) is -9.00. The Bertz CT molecular complexity index is 1660. The van der Waals surface area contributed by atoms with E-state index in [-0.39, 0.29) is 44.7 Å². The third-order valence-electron chi connectivity index (χ3n) is 8.92. The van der Waals surface area contributed by atoms with E-state index < -0.39 is 121 Å². The van der Waals surface area contributed by atoms with Crippen LogP contribution < -0.4 is 60.2 Å². The number of aromatic nitrogens is 2. The molecule has 1 heterocycles. The first-order valence-corrected chi connectivity index (χ1v) is 19.6. The van der Waals surface area contributed by atoms with E-state index in [2.05, 4.69) is 52.2 Å². The standard InChI is InChI=1S/C35H62N14O13/c1-16(37)27(54)46-23(13-50)30(57)47-24(14-51)31(58)49-26(18(3)53)33(60)44-21(8-6-10-41-35(38)39)29(56)48-25(17(2)52)32(59)43-20(7-4-5-9-36)28(55)45-22(34(61)62)11-19-12-40-15-42-19/h12,15-18,20-26,50-53H,4-11,13-14,36-37H2,1-3H3,(H,40,42)(H,43,59)(H,44,60)(H,45,55)(H,46,54)(H,47,57)(H,48,56)(H,49,58)(H,61,62)(H4,38,39,41)/t16-,17+,18+,20-,21-,22-,23-,24-,25-,26-/m0/s1. The quantitative estimate of drug-likeness (QED) is 0.0202. The highest BCUT2D eigenvalue weighted by Crippen LogP contribution is 2.08. The molecule has 0 aliphatic rings. The maximum Gasteiger partial charge on any atom is 0.326 e. The maximum absolute atomic E-state index is 13.8. The Kier molecular flexibility index (Phi) is 24.2. The molecule has 62 heavy (non-hydrogen) atoms. The lowest BCUT2D eigenvalue weighted by atomic mass is 10.0. The molecule has 0 saturated heterocycles. The summed E-state index contributed by atoms with van der Waals surface area (Å²) in [5, 5.41) is 66.2. The van der Waals surface area contributed by atoms with Crippen LogP contribution in [0.5, 0.6) is 0 Å². The van der Waals surface area contributed by atoms with Crippen LogP contribution >= 0.6 is 0 Å². The lowest BCUT2D eigenvalue weighted by molar-refractivity contribution is -0.142. The number of rotatable bonds is 29. The van der Waals surface area contributed by atoms with Crippen LogP contribution in [0.25, 0.3) is 0 Å². The van der Waals surface area contributed by atoms with E-state index in [4.69, 9.17) is 22.9 Å². The first kappa shape index (κ1) is 54.0. The minimum absolute atomic E-state index is 0.0193. The average molecular weight is 887 g/mol. The number of hydrogen-bond acceptors (Lipinski definition) is 16. The normalized spacial score (nSPS) is 15.9. The van der Waals surface area contributed by atoms with Crippen molar-refractivity contribution in [1.82, 2.24) is 47.2 Å². The second-order valence-electron chi connectivity index (χ2n) is 14.3. The van der Waals surface area contributed by atoms with E-state index >= 15 is 0 Å². The summed E-state index contributed by atoms with van der Waals surface area (Å²) in [6, 6.07) is -12.4. The molecule has 1 rings (SSSR count). The van der Waals surface area contributed by atoms with Crippen LogP contribution in [0.2, 0.25) is 0 Å². The van der Waals surface area contributed by atoms with E-state index in [0.717, 1.165) is 13.8 Å². The first-order valence-electron chi connectivity index (χ1n) is 19.6. The third-order valence-corrected chi connectivity index (χ3v) is 8.92. The molecule has 0 fully saturated rings. The number of hydrogen-bond donors (Lipinski definition) is 17. The fourth-order valence-corrected chi connectivity index (χ4v) is 5.43. The van der Waals surface area contributed by atoms with Gasteiger partial charge in [-0.15, -0.1) is 0 Å². The van der Waals surface area contributed by atoms with Crippen molar-refractivity contribution in [2.24, 2.45) is 27.9 Å². The van der Waals surface area contributed by atoms with Crippen molar-refractivity contribution < 1.29 is 63.9 Å². The number of aliphatic imine (C=N–C) groups is 1. The van der Waals surface area contributed by atoms with Crippen molar-refractivity contribution in [3.8, 4) is 0 Å². The largest absolute Gasteiger partial charge is 0.480 e. The molecule has 21 N–H and O–H groups in total. The number of carboxylic acid groups (broad SMARTS) is 1. The smallest absolute Gasteiger partial charge is 0.326 e. The SMILES string of the molecule is C[C@H](N)C(=O)N[C@@H](CO)C(=O)N[C@@H](CO)C(=O)N[C@H](C(=O)N[C@@H](CCCN=C(N)N)C(=O)N[C@H](C(=O)N[C@@H](CCCCN)C(=O)N[C@@H](Cc1cnc[nH]1)C(=O)O)[C@@H](C)O)[C@@H](C)O. The van der Waals surface area contributed by atoms with Crippen molar-refractivity contribution in [2.75, 3.05) is 26.3 Å². The van der Waals surface area contributed by atoms with Gasteiger partial charge in [0.2, 0.25) is 41.4 Å². The number of aliphatic carboxylic acids is 1. The summed E-state index contributed by atoms with van der Waals surface area (Å²) in [4.78, 5) is 114. The number of carboxylic acids is 1. The van der Waals surface area contributed by atoms with Gasteiger partial charge < -0.3 is 90.7 Å². The predicted molar refractivity (Wildman–Crippen MR) is 217 cm³/mol. The number of aromatic amines is 1. The Balaban J connectivity index is 3.30. The van der Waals surface area contributed by atoms with Gasteiger partial charge in [0.05, 0.1) is 37.8 Å². The zero-order valence-electron chi connectivity index (χ0n) is 34.7. The number of nitrogens with zero attached hydrogens (tertiary/aromatic N) is 2. The van der Waals surface area contributed by atoms with Gasteiger partial charge in [0.15, 0.2) is 5.96 Å². The zero-order valence-corrected chi connectivity index (χ0v) is 34.7. The monoisotopic (exact) mass is 886 g/mol. The van der Waals surface area contributed by atoms with Crippen molar-refractivity contribution >= 4 is 53.3 Å². The topological polar surface area (TPSA) is 467 Å². The van der Waals surface area contributed by atoms with Crippen LogP contribution in [-0.4, -0.2) is 176 Å². The predicted octanol–water partition coefficient (Wildman–Crippen LogP) is -8.29. The number of imidazole rings is 1. The third kappa shape index (κ3) is 19.1. The van der Waals surface area contributed by atoms with Crippen LogP contribution in [0.4, 0.5) is 0 Å². The van der Waals surface area contributed by atoms with Gasteiger partial charge in [0, 0.05) is 24.9 Å². The summed E-state index contributed by atoms with van der Waals surface area (Å²) in [7, 11) is 0. The molecule has 7 amide bonds. The van der Waals surface area contributed by atoms with E-state index in [1.807, 2.05) is 0 Å². The lowest BCUT2D eigenvalue weighted by Crippen LogP contribution is -2.63. The lowest BCUT2D eigenvalue weighted by Gasteiger charge is -2.29. The Hall–Kier alpha value is -6.00. The molecule has 0 aliphatic carbocycles. The molecule has 1 aromatic heterocycles. The van der Waals surface area contributed by atoms with Gasteiger partial charge in [-0.3, -0.25) is 38.6 Å².